The van der Waals surface area contributed by atoms with E-state index >= 15 is 0 Å². The van der Waals surface area contributed by atoms with E-state index in [1.54, 1.807) is 17.5 Å². The maximum absolute atomic E-state index is 11.9. The number of hydrogen-bond acceptors (Lipinski definition) is 6. The molecule has 0 aliphatic carbocycles. The molecular formula is C13H18N4OS2. The van der Waals surface area contributed by atoms with Crippen LogP contribution in [-0.2, 0) is 6.42 Å². The van der Waals surface area contributed by atoms with Crippen molar-refractivity contribution in [2.24, 2.45) is 0 Å². The van der Waals surface area contributed by atoms with Crippen LogP contribution in [0.1, 0.15) is 34.4 Å². The zero-order valence-electron chi connectivity index (χ0n) is 11.4. The predicted octanol–water partition coefficient (Wildman–Crippen LogP) is 2.78. The summed E-state index contributed by atoms with van der Waals surface area (Å²) in [5.74, 6) is -0.0408. The Morgan fingerprint density at radius 1 is 1.35 bits per heavy atom. The van der Waals surface area contributed by atoms with Crippen molar-refractivity contribution in [3.63, 3.8) is 0 Å². The Labute approximate surface area is 126 Å². The van der Waals surface area contributed by atoms with Crippen molar-refractivity contribution in [1.82, 2.24) is 15.3 Å². The molecule has 0 fully saturated rings. The second-order valence-electron chi connectivity index (χ2n) is 4.20. The molecule has 0 saturated heterocycles. The number of carbonyl (C=O) groups is 1. The standard InChI is InChI=1S/C13H18N4OS2/c1-2-14-13-17-9-10(20-13)12(18)16-6-4-3-5-11-15-7-8-19-11/h7-9H,2-6H2,1H3,(H,14,17)(H,16,18). The molecule has 2 N–H and O–H groups in total. The fourth-order valence-electron chi connectivity index (χ4n) is 1.68. The van der Waals surface area contributed by atoms with Crippen molar-refractivity contribution >= 4 is 33.7 Å². The molecule has 0 unspecified atom stereocenters. The minimum atomic E-state index is -0.0408. The van der Waals surface area contributed by atoms with Crippen LogP contribution < -0.4 is 10.6 Å². The van der Waals surface area contributed by atoms with Crippen molar-refractivity contribution in [3.05, 3.63) is 27.7 Å². The average Bonchev–Trinajstić information content (AvgIpc) is 3.10. The summed E-state index contributed by atoms with van der Waals surface area (Å²) >= 11 is 3.06. The molecule has 0 bridgehead atoms. The van der Waals surface area contributed by atoms with Gasteiger partial charge in [0.05, 0.1) is 11.2 Å². The lowest BCUT2D eigenvalue weighted by molar-refractivity contribution is 0.0957. The Morgan fingerprint density at radius 2 is 2.25 bits per heavy atom. The molecule has 0 spiro atoms. The van der Waals surface area contributed by atoms with Crippen molar-refractivity contribution in [3.8, 4) is 0 Å². The summed E-state index contributed by atoms with van der Waals surface area (Å²) in [6.45, 7) is 3.51. The molecule has 2 rings (SSSR count). The van der Waals surface area contributed by atoms with E-state index in [4.69, 9.17) is 0 Å². The van der Waals surface area contributed by atoms with Crippen molar-refractivity contribution in [2.45, 2.75) is 26.2 Å². The highest BCUT2D eigenvalue weighted by molar-refractivity contribution is 7.17. The number of aryl methyl sites for hydroxylation is 1. The minimum Gasteiger partial charge on any atom is -0.362 e. The normalized spacial score (nSPS) is 10.4. The van der Waals surface area contributed by atoms with E-state index < -0.39 is 0 Å². The molecule has 20 heavy (non-hydrogen) atoms. The van der Waals surface area contributed by atoms with Crippen LogP contribution in [0.15, 0.2) is 17.8 Å². The Hall–Kier alpha value is -1.47. The lowest BCUT2D eigenvalue weighted by Crippen LogP contribution is -2.23. The number of unbranched alkanes of at least 4 members (excludes halogenated alkanes) is 1. The summed E-state index contributed by atoms with van der Waals surface area (Å²) in [4.78, 5) is 20.9. The van der Waals surface area contributed by atoms with Crippen molar-refractivity contribution < 1.29 is 4.79 Å². The smallest absolute Gasteiger partial charge is 0.263 e. The van der Waals surface area contributed by atoms with E-state index in [1.807, 2.05) is 18.5 Å². The Bertz CT molecular complexity index is 524. The number of amides is 1. The van der Waals surface area contributed by atoms with E-state index in [-0.39, 0.29) is 5.91 Å². The van der Waals surface area contributed by atoms with Crippen LogP contribution in [0.3, 0.4) is 0 Å². The molecule has 7 heteroatoms. The fraction of sp³-hybridized carbons (Fsp3) is 0.462. The average molecular weight is 310 g/mol. The molecule has 0 radical (unpaired) electrons. The summed E-state index contributed by atoms with van der Waals surface area (Å²) < 4.78 is 0. The van der Waals surface area contributed by atoms with Gasteiger partial charge in [0, 0.05) is 24.7 Å². The van der Waals surface area contributed by atoms with Gasteiger partial charge in [-0.3, -0.25) is 4.79 Å². The molecule has 2 heterocycles. The summed E-state index contributed by atoms with van der Waals surface area (Å²) in [5.41, 5.74) is 0. The molecule has 0 aromatic carbocycles. The van der Waals surface area contributed by atoms with Crippen LogP contribution in [0.25, 0.3) is 0 Å². The topological polar surface area (TPSA) is 66.9 Å². The second-order valence-corrected chi connectivity index (χ2v) is 6.21. The number of hydrogen-bond donors (Lipinski definition) is 2. The molecule has 5 nitrogen and oxygen atoms in total. The molecule has 2 aromatic heterocycles. The first-order valence-electron chi connectivity index (χ1n) is 6.66. The van der Waals surface area contributed by atoms with Crippen LogP contribution in [-0.4, -0.2) is 29.0 Å². The van der Waals surface area contributed by atoms with Crippen molar-refractivity contribution in [2.75, 3.05) is 18.4 Å². The first kappa shape index (κ1) is 14.9. The zero-order valence-corrected chi connectivity index (χ0v) is 13.0. The highest BCUT2D eigenvalue weighted by atomic mass is 32.1. The SMILES string of the molecule is CCNc1ncc(C(=O)NCCCCc2nccs2)s1. The third-order valence-electron chi connectivity index (χ3n) is 2.64. The molecule has 1 amide bonds. The van der Waals surface area contributed by atoms with Gasteiger partial charge >= 0.3 is 0 Å². The summed E-state index contributed by atoms with van der Waals surface area (Å²) in [5, 5.41) is 9.96. The fourth-order valence-corrected chi connectivity index (χ4v) is 3.14. The van der Waals surface area contributed by atoms with Crippen LogP contribution in [0.2, 0.25) is 0 Å². The molecule has 0 aliphatic heterocycles. The number of nitrogens with zero attached hydrogens (tertiary/aromatic N) is 2. The van der Waals surface area contributed by atoms with Crippen LogP contribution in [0, 0.1) is 0 Å². The zero-order chi connectivity index (χ0) is 14.2. The molecule has 2 aromatic rings. The predicted molar refractivity (Wildman–Crippen MR) is 83.7 cm³/mol. The van der Waals surface area contributed by atoms with Gasteiger partial charge in [-0.15, -0.1) is 11.3 Å². The Kier molecular flexibility index (Phi) is 5.94. The van der Waals surface area contributed by atoms with Crippen molar-refractivity contribution in [1.29, 1.82) is 0 Å². The van der Waals surface area contributed by atoms with Crippen LogP contribution >= 0.6 is 22.7 Å². The van der Waals surface area contributed by atoms with Crippen LogP contribution in [0.5, 0.6) is 0 Å². The maximum Gasteiger partial charge on any atom is 0.263 e. The summed E-state index contributed by atoms with van der Waals surface area (Å²) in [6, 6.07) is 0. The van der Waals surface area contributed by atoms with Gasteiger partial charge in [-0.25, -0.2) is 9.97 Å². The lowest BCUT2D eigenvalue weighted by atomic mass is 10.2. The summed E-state index contributed by atoms with van der Waals surface area (Å²) in [7, 11) is 0. The van der Waals surface area contributed by atoms with E-state index in [0.29, 0.717) is 11.4 Å². The van der Waals surface area contributed by atoms with Gasteiger partial charge in [0.2, 0.25) is 0 Å². The van der Waals surface area contributed by atoms with Crippen LogP contribution in [0.4, 0.5) is 5.13 Å². The Morgan fingerprint density at radius 3 is 3.00 bits per heavy atom. The quantitative estimate of drug-likeness (QED) is 0.736. The van der Waals surface area contributed by atoms with Gasteiger partial charge in [-0.05, 0) is 26.2 Å². The van der Waals surface area contributed by atoms with E-state index in [9.17, 15) is 4.79 Å². The monoisotopic (exact) mass is 310 g/mol. The summed E-state index contributed by atoms with van der Waals surface area (Å²) in [6.07, 6.45) is 6.43. The van der Waals surface area contributed by atoms with E-state index in [2.05, 4.69) is 20.6 Å². The number of aromatic nitrogens is 2. The number of nitrogens with one attached hydrogen (secondary N) is 2. The molecule has 0 saturated carbocycles. The van der Waals surface area contributed by atoms with E-state index in [1.165, 1.54) is 11.3 Å². The maximum atomic E-state index is 11.9. The van der Waals surface area contributed by atoms with Gasteiger partial charge in [-0.1, -0.05) is 11.3 Å². The second kappa shape index (κ2) is 7.96. The minimum absolute atomic E-state index is 0.0408. The third kappa shape index (κ3) is 4.57. The number of rotatable bonds is 8. The van der Waals surface area contributed by atoms with Gasteiger partial charge < -0.3 is 10.6 Å². The molecular weight excluding hydrogens is 292 g/mol. The first-order valence-corrected chi connectivity index (χ1v) is 8.35. The number of thiazole rings is 2. The Balaban J connectivity index is 1.64. The number of carbonyl (C=O) groups excluding carboxylic acids is 1. The first-order chi connectivity index (χ1) is 9.79. The lowest BCUT2D eigenvalue weighted by Gasteiger charge is -2.02. The largest absolute Gasteiger partial charge is 0.362 e. The van der Waals surface area contributed by atoms with Gasteiger partial charge in [0.25, 0.3) is 5.91 Å². The van der Waals surface area contributed by atoms with E-state index in [0.717, 1.165) is 35.9 Å². The van der Waals surface area contributed by atoms with Gasteiger partial charge in [-0.2, -0.15) is 0 Å². The van der Waals surface area contributed by atoms with Gasteiger partial charge in [0.1, 0.15) is 4.88 Å². The number of anilines is 1. The highest BCUT2D eigenvalue weighted by Crippen LogP contribution is 2.17. The third-order valence-corrected chi connectivity index (χ3v) is 4.44. The molecule has 0 atom stereocenters. The molecule has 0 aliphatic rings. The molecule has 108 valence electrons. The van der Waals surface area contributed by atoms with Gasteiger partial charge in [0.15, 0.2) is 5.13 Å². The highest BCUT2D eigenvalue weighted by Gasteiger charge is 2.09.